The highest BCUT2D eigenvalue weighted by Gasteiger charge is 2.29. The molecular formula is C31H44ClFN4O4. The summed E-state index contributed by atoms with van der Waals surface area (Å²) in [7, 11) is 1.48. The van der Waals surface area contributed by atoms with Crippen molar-refractivity contribution >= 4 is 30.0 Å². The van der Waals surface area contributed by atoms with E-state index in [2.05, 4.69) is 18.7 Å². The SMILES string of the molecule is CCCN(CC1CCN(C(=O)N2CCOCC2)CC1)[C@@H](C)Cc1ccc(OC)c(N(F)C(=O)c2ccccc2)c1.Cl. The first-order valence-electron chi connectivity index (χ1n) is 14.5. The molecule has 0 radical (unpaired) electrons. The Morgan fingerprint density at radius 1 is 1.05 bits per heavy atom. The van der Waals surface area contributed by atoms with Crippen molar-refractivity contribution in [3.63, 3.8) is 0 Å². The van der Waals surface area contributed by atoms with Crippen molar-refractivity contribution in [3.05, 3.63) is 59.7 Å². The molecule has 2 aliphatic heterocycles. The predicted molar refractivity (Wildman–Crippen MR) is 162 cm³/mol. The van der Waals surface area contributed by atoms with Crippen LogP contribution in [-0.2, 0) is 11.2 Å². The largest absolute Gasteiger partial charge is 0.494 e. The van der Waals surface area contributed by atoms with Gasteiger partial charge in [-0.3, -0.25) is 4.79 Å². The third-order valence-corrected chi connectivity index (χ3v) is 7.98. The molecule has 10 heteroatoms. The summed E-state index contributed by atoms with van der Waals surface area (Å²) in [5, 5.41) is 0.179. The van der Waals surface area contributed by atoms with E-state index >= 15 is 4.48 Å². The smallest absolute Gasteiger partial charge is 0.320 e. The molecule has 0 aromatic heterocycles. The molecule has 0 unspecified atom stereocenters. The Hall–Kier alpha value is -2.88. The molecule has 8 nitrogen and oxygen atoms in total. The Balaban J connectivity index is 0.00000462. The third kappa shape index (κ3) is 8.56. The zero-order valence-corrected chi connectivity index (χ0v) is 25.3. The summed E-state index contributed by atoms with van der Waals surface area (Å²) < 4.78 is 26.1. The van der Waals surface area contributed by atoms with Gasteiger partial charge >= 0.3 is 6.03 Å². The number of piperidine rings is 1. The molecule has 0 N–H and O–H groups in total. The fourth-order valence-electron chi connectivity index (χ4n) is 5.66. The van der Waals surface area contributed by atoms with Gasteiger partial charge in [0.05, 0.1) is 20.3 Å². The van der Waals surface area contributed by atoms with Crippen LogP contribution in [0.5, 0.6) is 5.75 Å². The number of carbonyl (C=O) groups excluding carboxylic acids is 2. The van der Waals surface area contributed by atoms with Gasteiger partial charge in [-0.2, -0.15) is 0 Å². The molecule has 2 aliphatic rings. The van der Waals surface area contributed by atoms with Crippen LogP contribution < -0.4 is 9.86 Å². The zero-order chi connectivity index (χ0) is 28.5. The average molecular weight is 591 g/mol. The maximum Gasteiger partial charge on any atom is 0.320 e. The number of hydrogen-bond acceptors (Lipinski definition) is 5. The molecule has 4 rings (SSSR count). The highest BCUT2D eigenvalue weighted by molar-refractivity contribution is 6.05. The summed E-state index contributed by atoms with van der Waals surface area (Å²) in [6.45, 7) is 10.5. The van der Waals surface area contributed by atoms with Gasteiger partial charge in [0.2, 0.25) is 0 Å². The number of likely N-dealkylation sites (tertiary alicyclic amines) is 1. The van der Waals surface area contributed by atoms with E-state index in [-0.39, 0.29) is 40.9 Å². The van der Waals surface area contributed by atoms with Crippen molar-refractivity contribution < 1.29 is 23.5 Å². The number of methoxy groups -OCH3 is 1. The molecule has 1 atom stereocenters. The number of amides is 3. The van der Waals surface area contributed by atoms with E-state index < -0.39 is 5.91 Å². The summed E-state index contributed by atoms with van der Waals surface area (Å²) in [6.07, 6.45) is 3.75. The van der Waals surface area contributed by atoms with Crippen LogP contribution in [0.3, 0.4) is 0 Å². The normalized spacial score (nSPS) is 16.7. The van der Waals surface area contributed by atoms with Crippen molar-refractivity contribution in [2.75, 3.05) is 64.7 Å². The van der Waals surface area contributed by atoms with E-state index in [0.29, 0.717) is 38.0 Å². The molecular weight excluding hydrogens is 547 g/mol. The summed E-state index contributed by atoms with van der Waals surface area (Å²) in [5.74, 6) is 0.112. The number of anilines is 1. The van der Waals surface area contributed by atoms with Crippen LogP contribution in [0.1, 0.15) is 49.0 Å². The van der Waals surface area contributed by atoms with E-state index in [1.165, 1.54) is 7.11 Å². The molecule has 3 amide bonds. The monoisotopic (exact) mass is 590 g/mol. The van der Waals surface area contributed by atoms with Gasteiger partial charge in [0.15, 0.2) is 0 Å². The second kappa shape index (κ2) is 15.9. The number of nitrogens with zero attached hydrogens (tertiary/aromatic N) is 4. The fraction of sp³-hybridized carbons (Fsp3) is 0.548. The van der Waals surface area contributed by atoms with Gasteiger partial charge in [0, 0.05) is 44.3 Å². The van der Waals surface area contributed by atoms with Gasteiger partial charge in [-0.25, -0.2) is 4.79 Å². The third-order valence-electron chi connectivity index (χ3n) is 7.98. The van der Waals surface area contributed by atoms with Crippen LogP contribution in [0, 0.1) is 5.92 Å². The number of rotatable bonds is 10. The van der Waals surface area contributed by atoms with Gasteiger partial charge in [-0.05, 0) is 74.9 Å². The molecule has 0 aliphatic carbocycles. The lowest BCUT2D eigenvalue weighted by molar-refractivity contribution is 0.0386. The summed E-state index contributed by atoms with van der Waals surface area (Å²) in [5.41, 5.74) is 1.33. The van der Waals surface area contributed by atoms with Gasteiger partial charge in [-0.15, -0.1) is 17.5 Å². The summed E-state index contributed by atoms with van der Waals surface area (Å²) in [6, 6.07) is 14.2. The lowest BCUT2D eigenvalue weighted by Crippen LogP contribution is -2.51. The number of halogens is 2. The molecule has 2 heterocycles. The van der Waals surface area contributed by atoms with E-state index in [9.17, 15) is 9.59 Å². The number of urea groups is 1. The van der Waals surface area contributed by atoms with Crippen LogP contribution in [0.25, 0.3) is 0 Å². The van der Waals surface area contributed by atoms with E-state index in [1.807, 2.05) is 15.9 Å². The number of ether oxygens (including phenoxy) is 2. The van der Waals surface area contributed by atoms with Crippen molar-refractivity contribution in [2.45, 2.75) is 45.6 Å². The average Bonchev–Trinajstić information content (AvgIpc) is 3.01. The standard InChI is InChI=1S/C31H43FN4O4.ClH/c1-4-14-35(23-25-12-15-33(16-13-25)31(38)34-17-19-40-20-18-34)24(2)21-26-10-11-29(39-3)28(22-26)36(32)30(37)27-8-6-5-7-9-27;/h5-11,22,24-25H,4,12-21,23H2,1-3H3;1H/t24-;/m0./s1. The quantitative estimate of drug-likeness (QED) is 0.344. The van der Waals surface area contributed by atoms with Gasteiger partial charge in [-0.1, -0.05) is 35.7 Å². The molecule has 0 spiro atoms. The Bertz CT molecular complexity index is 1110. The first-order chi connectivity index (χ1) is 19.4. The highest BCUT2D eigenvalue weighted by atomic mass is 35.5. The highest BCUT2D eigenvalue weighted by Crippen LogP contribution is 2.32. The lowest BCUT2D eigenvalue weighted by atomic mass is 9.95. The van der Waals surface area contributed by atoms with Crippen LogP contribution >= 0.6 is 12.4 Å². The van der Waals surface area contributed by atoms with Gasteiger partial charge in [0.1, 0.15) is 11.4 Å². The minimum absolute atomic E-state index is 0. The van der Waals surface area contributed by atoms with Crippen LogP contribution in [-0.4, -0.2) is 92.3 Å². The van der Waals surface area contributed by atoms with E-state index in [0.717, 1.165) is 57.4 Å². The predicted octanol–water partition coefficient (Wildman–Crippen LogP) is 5.46. The Kier molecular flexibility index (Phi) is 12.7. The zero-order valence-electron chi connectivity index (χ0n) is 24.5. The molecule has 226 valence electrons. The van der Waals surface area contributed by atoms with Crippen LogP contribution in [0.2, 0.25) is 0 Å². The first-order valence-corrected chi connectivity index (χ1v) is 14.5. The van der Waals surface area contributed by atoms with E-state index in [4.69, 9.17) is 9.47 Å². The van der Waals surface area contributed by atoms with Crippen molar-refractivity contribution in [3.8, 4) is 5.75 Å². The maximum absolute atomic E-state index is 15.3. The fourth-order valence-corrected chi connectivity index (χ4v) is 5.66. The molecule has 41 heavy (non-hydrogen) atoms. The molecule has 0 saturated carbocycles. The number of carbonyl (C=O) groups is 2. The summed E-state index contributed by atoms with van der Waals surface area (Å²) >= 11 is 0. The van der Waals surface area contributed by atoms with Crippen LogP contribution in [0.4, 0.5) is 15.0 Å². The number of morpholine rings is 1. The van der Waals surface area contributed by atoms with Gasteiger partial charge in [0.25, 0.3) is 5.91 Å². The maximum atomic E-state index is 15.3. The second-order valence-corrected chi connectivity index (χ2v) is 10.8. The van der Waals surface area contributed by atoms with Crippen molar-refractivity contribution in [1.82, 2.24) is 14.7 Å². The van der Waals surface area contributed by atoms with Crippen molar-refractivity contribution in [2.24, 2.45) is 5.92 Å². The van der Waals surface area contributed by atoms with E-state index in [1.54, 1.807) is 42.5 Å². The molecule has 0 bridgehead atoms. The Labute approximate surface area is 249 Å². The number of hydrogen-bond donors (Lipinski definition) is 0. The minimum atomic E-state index is -0.727. The topological polar surface area (TPSA) is 65.6 Å². The van der Waals surface area contributed by atoms with Crippen molar-refractivity contribution in [1.29, 1.82) is 0 Å². The Morgan fingerprint density at radius 3 is 2.34 bits per heavy atom. The second-order valence-electron chi connectivity index (χ2n) is 10.8. The lowest BCUT2D eigenvalue weighted by Gasteiger charge is -2.39. The van der Waals surface area contributed by atoms with Crippen LogP contribution in [0.15, 0.2) is 48.5 Å². The molecule has 2 aromatic rings. The Morgan fingerprint density at radius 2 is 1.71 bits per heavy atom. The number of benzene rings is 2. The molecule has 2 fully saturated rings. The minimum Gasteiger partial charge on any atom is -0.494 e. The summed E-state index contributed by atoms with van der Waals surface area (Å²) in [4.78, 5) is 32.0. The molecule has 2 saturated heterocycles. The first kappa shape index (κ1) is 32.6. The molecule has 2 aromatic carbocycles. The van der Waals surface area contributed by atoms with Gasteiger partial charge < -0.3 is 24.2 Å².